The van der Waals surface area contributed by atoms with Crippen LogP contribution in [0.5, 0.6) is 0 Å². The van der Waals surface area contributed by atoms with E-state index < -0.39 is 29.2 Å². The lowest BCUT2D eigenvalue weighted by Gasteiger charge is -2.11. The van der Waals surface area contributed by atoms with Crippen molar-refractivity contribution in [2.75, 3.05) is 10.6 Å². The highest BCUT2D eigenvalue weighted by Crippen LogP contribution is 2.23. The van der Waals surface area contributed by atoms with E-state index in [1.807, 2.05) is 0 Å². The van der Waals surface area contributed by atoms with E-state index in [2.05, 4.69) is 20.7 Å². The van der Waals surface area contributed by atoms with Crippen LogP contribution in [0, 0.1) is 23.5 Å². The van der Waals surface area contributed by atoms with Gasteiger partial charge in [0.15, 0.2) is 0 Å². The molecule has 0 aliphatic rings. The highest BCUT2D eigenvalue weighted by molar-refractivity contribution is 5.90. The number of carbonyl (C=O) groups is 1. The van der Waals surface area contributed by atoms with Crippen LogP contribution in [-0.2, 0) is 17.9 Å². The van der Waals surface area contributed by atoms with Gasteiger partial charge in [0.1, 0.15) is 12.2 Å². The first-order valence-corrected chi connectivity index (χ1v) is 7.74. The Morgan fingerprint density at radius 3 is 2.48 bits per heavy atom. The molecule has 0 bridgehead atoms. The molecular weight excluding hydrogens is 366 g/mol. The van der Waals surface area contributed by atoms with E-state index >= 15 is 0 Å². The fraction of sp³-hybridized carbons (Fsp3) is 0.118. The predicted molar refractivity (Wildman–Crippen MR) is 88.7 cm³/mol. The number of pyridine rings is 1. The minimum Gasteiger partial charge on any atom is -0.376 e. The Kier molecular flexibility index (Phi) is 5.34. The van der Waals surface area contributed by atoms with Crippen LogP contribution < -0.4 is 10.6 Å². The number of hydrogen-bond donors (Lipinski definition) is 2. The van der Waals surface area contributed by atoms with E-state index in [9.17, 15) is 22.4 Å². The lowest BCUT2D eigenvalue weighted by Crippen LogP contribution is -2.19. The molecule has 10 heteroatoms. The molecule has 27 heavy (non-hydrogen) atoms. The molecule has 0 saturated heterocycles. The summed E-state index contributed by atoms with van der Waals surface area (Å²) in [6.45, 7) is -0.124. The predicted octanol–water partition coefficient (Wildman–Crippen LogP) is 3.09. The standard InChI is InChI=1S/C17H13F4N5O/c18-13-15(14(19)17(21)25-16(13)20)22-8-10-3-1-4-11(7-10)24-12(27)9-26-6-2-5-23-26/h1-7H,8-9H2,(H,22,25)(H,24,27). The van der Waals surface area contributed by atoms with Gasteiger partial charge in [-0.15, -0.1) is 0 Å². The summed E-state index contributed by atoms with van der Waals surface area (Å²) in [5.74, 6) is -7.03. The van der Waals surface area contributed by atoms with Crippen LogP contribution in [0.2, 0.25) is 0 Å². The summed E-state index contributed by atoms with van der Waals surface area (Å²) in [6, 6.07) is 8.08. The van der Waals surface area contributed by atoms with Gasteiger partial charge >= 0.3 is 0 Å². The number of carbonyl (C=O) groups excluding carboxylic acids is 1. The molecule has 140 valence electrons. The summed E-state index contributed by atoms with van der Waals surface area (Å²) in [5.41, 5.74) is 0.0101. The zero-order valence-corrected chi connectivity index (χ0v) is 13.7. The second kappa shape index (κ2) is 7.85. The summed E-state index contributed by atoms with van der Waals surface area (Å²) in [7, 11) is 0. The van der Waals surface area contributed by atoms with Crippen LogP contribution >= 0.6 is 0 Å². The molecule has 3 rings (SSSR count). The molecule has 0 unspecified atom stereocenters. The lowest BCUT2D eigenvalue weighted by atomic mass is 10.2. The van der Waals surface area contributed by atoms with E-state index in [1.165, 1.54) is 4.68 Å². The molecule has 2 aromatic heterocycles. The van der Waals surface area contributed by atoms with E-state index in [4.69, 9.17) is 0 Å². The average Bonchev–Trinajstić information content (AvgIpc) is 3.13. The minimum absolute atomic E-state index is 0.0153. The molecule has 0 radical (unpaired) electrons. The van der Waals surface area contributed by atoms with Crippen LogP contribution in [0.25, 0.3) is 0 Å². The third-order valence-corrected chi connectivity index (χ3v) is 3.54. The van der Waals surface area contributed by atoms with Crippen LogP contribution in [0.1, 0.15) is 5.56 Å². The van der Waals surface area contributed by atoms with Gasteiger partial charge in [-0.05, 0) is 23.8 Å². The van der Waals surface area contributed by atoms with Gasteiger partial charge < -0.3 is 10.6 Å². The average molecular weight is 379 g/mol. The number of halogens is 4. The Morgan fingerprint density at radius 1 is 1.07 bits per heavy atom. The van der Waals surface area contributed by atoms with Crippen molar-refractivity contribution < 1.29 is 22.4 Å². The SMILES string of the molecule is O=C(Cn1cccn1)Nc1cccc(CNc2c(F)c(F)nc(F)c2F)c1. The topological polar surface area (TPSA) is 71.8 Å². The molecule has 0 atom stereocenters. The van der Waals surface area contributed by atoms with E-state index in [-0.39, 0.29) is 19.0 Å². The normalized spacial score (nSPS) is 10.7. The molecular formula is C17H13F4N5O. The van der Waals surface area contributed by atoms with Crippen molar-refractivity contribution in [3.05, 3.63) is 71.8 Å². The second-order valence-corrected chi connectivity index (χ2v) is 5.50. The van der Waals surface area contributed by atoms with Gasteiger partial charge in [-0.1, -0.05) is 12.1 Å². The quantitative estimate of drug-likeness (QED) is 0.510. The first kappa shape index (κ1) is 18.4. The number of aromatic nitrogens is 3. The molecule has 0 aliphatic carbocycles. The Balaban J connectivity index is 1.67. The monoisotopic (exact) mass is 379 g/mol. The van der Waals surface area contributed by atoms with Crippen molar-refractivity contribution in [2.45, 2.75) is 13.1 Å². The zero-order chi connectivity index (χ0) is 19.4. The summed E-state index contributed by atoms with van der Waals surface area (Å²) in [6.07, 6.45) is 3.18. The summed E-state index contributed by atoms with van der Waals surface area (Å²) < 4.78 is 54.9. The lowest BCUT2D eigenvalue weighted by molar-refractivity contribution is -0.116. The Morgan fingerprint density at radius 2 is 1.81 bits per heavy atom. The Labute approximate surface area is 150 Å². The molecule has 6 nitrogen and oxygen atoms in total. The first-order valence-electron chi connectivity index (χ1n) is 7.74. The van der Waals surface area contributed by atoms with Crippen molar-refractivity contribution in [1.29, 1.82) is 0 Å². The molecule has 1 amide bonds. The van der Waals surface area contributed by atoms with Crippen LogP contribution in [-0.4, -0.2) is 20.7 Å². The maximum atomic E-state index is 13.6. The maximum absolute atomic E-state index is 13.6. The molecule has 2 heterocycles. The van der Waals surface area contributed by atoms with Crippen LogP contribution in [0.3, 0.4) is 0 Å². The van der Waals surface area contributed by atoms with Crippen LogP contribution in [0.15, 0.2) is 42.7 Å². The van der Waals surface area contributed by atoms with E-state index in [0.717, 1.165) is 0 Å². The summed E-state index contributed by atoms with van der Waals surface area (Å²) >= 11 is 0. The first-order chi connectivity index (χ1) is 12.9. The second-order valence-electron chi connectivity index (χ2n) is 5.50. The smallest absolute Gasteiger partial charge is 0.253 e. The highest BCUT2D eigenvalue weighted by atomic mass is 19.2. The van der Waals surface area contributed by atoms with Crippen molar-refractivity contribution >= 4 is 17.3 Å². The minimum atomic E-state index is -1.74. The Hall–Kier alpha value is -3.43. The number of nitrogens with one attached hydrogen (secondary N) is 2. The number of hydrogen-bond acceptors (Lipinski definition) is 4. The van der Waals surface area contributed by atoms with Gasteiger partial charge in [-0.3, -0.25) is 9.48 Å². The van der Waals surface area contributed by atoms with Crippen molar-refractivity contribution in [3.63, 3.8) is 0 Å². The third kappa shape index (κ3) is 4.40. The fourth-order valence-electron chi connectivity index (χ4n) is 2.33. The largest absolute Gasteiger partial charge is 0.376 e. The summed E-state index contributed by atoms with van der Waals surface area (Å²) in [4.78, 5) is 14.4. The maximum Gasteiger partial charge on any atom is 0.253 e. The molecule has 1 aromatic carbocycles. The van der Waals surface area contributed by atoms with Gasteiger partial charge in [0, 0.05) is 24.6 Å². The molecule has 0 fully saturated rings. The fourth-order valence-corrected chi connectivity index (χ4v) is 2.33. The molecule has 0 saturated carbocycles. The highest BCUT2D eigenvalue weighted by Gasteiger charge is 2.20. The number of amides is 1. The number of rotatable bonds is 6. The number of benzene rings is 1. The third-order valence-electron chi connectivity index (χ3n) is 3.54. The van der Waals surface area contributed by atoms with Gasteiger partial charge in [0.2, 0.25) is 17.5 Å². The van der Waals surface area contributed by atoms with E-state index in [1.54, 1.807) is 42.7 Å². The summed E-state index contributed by atoms with van der Waals surface area (Å²) in [5, 5.41) is 8.87. The van der Waals surface area contributed by atoms with Crippen molar-refractivity contribution in [2.24, 2.45) is 0 Å². The molecule has 0 aliphatic heterocycles. The van der Waals surface area contributed by atoms with Gasteiger partial charge in [0.25, 0.3) is 11.9 Å². The van der Waals surface area contributed by atoms with Crippen LogP contribution in [0.4, 0.5) is 28.9 Å². The van der Waals surface area contributed by atoms with Gasteiger partial charge in [0.05, 0.1) is 0 Å². The number of anilines is 2. The van der Waals surface area contributed by atoms with Gasteiger partial charge in [-0.2, -0.15) is 27.6 Å². The number of nitrogens with zero attached hydrogens (tertiary/aromatic N) is 3. The van der Waals surface area contributed by atoms with Crippen molar-refractivity contribution in [3.8, 4) is 0 Å². The van der Waals surface area contributed by atoms with Gasteiger partial charge in [-0.25, -0.2) is 0 Å². The van der Waals surface area contributed by atoms with E-state index in [0.29, 0.717) is 11.3 Å². The zero-order valence-electron chi connectivity index (χ0n) is 13.7. The molecule has 0 spiro atoms. The molecule has 2 N–H and O–H groups in total. The molecule has 3 aromatic rings. The Bertz CT molecular complexity index is 936. The van der Waals surface area contributed by atoms with Crippen molar-refractivity contribution in [1.82, 2.24) is 14.8 Å².